The number of amides is 1. The average Bonchev–Trinajstić information content (AvgIpc) is 3.02. The molecule has 5 N–H and O–H groups in total. The first-order chi connectivity index (χ1) is 14.7. The van der Waals surface area contributed by atoms with E-state index in [9.17, 15) is 23.8 Å². The normalized spacial score (nSPS) is 12.2. The van der Waals surface area contributed by atoms with Gasteiger partial charge >= 0.3 is 0 Å². The number of nitrogens with zero attached hydrogens (tertiary/aromatic N) is 2. The number of carbonyl (C=O) groups is 1. The fourth-order valence-electron chi connectivity index (χ4n) is 3.20. The molecule has 1 amide bonds. The highest BCUT2D eigenvalue weighted by Gasteiger charge is 2.26. The number of pyridine rings is 1. The summed E-state index contributed by atoms with van der Waals surface area (Å²) in [5.41, 5.74) is 3.52. The standard InChI is InChI=1S/C22H24F2N4O3S/c1-10-12(22(4,5)31)6-7-15(26-10)27-20-17(18(25)29)28-19(32-20)16-13(23)8-11(9-14(16)24)21(2,3)30/h6-9,30-31H,1-5H3,(H2,25,29)(H,26,27). The highest BCUT2D eigenvalue weighted by molar-refractivity contribution is 7.19. The quantitative estimate of drug-likeness (QED) is 0.438. The van der Waals surface area contributed by atoms with E-state index in [1.165, 1.54) is 13.8 Å². The maximum atomic E-state index is 14.7. The largest absolute Gasteiger partial charge is 0.386 e. The van der Waals surface area contributed by atoms with Gasteiger partial charge in [0.1, 0.15) is 27.5 Å². The molecule has 0 fully saturated rings. The summed E-state index contributed by atoms with van der Waals surface area (Å²) in [6.07, 6.45) is 0. The number of thiazole rings is 1. The number of aromatic nitrogens is 2. The Morgan fingerprint density at radius 1 is 1.06 bits per heavy atom. The Kier molecular flexibility index (Phi) is 6.07. The molecule has 7 nitrogen and oxygen atoms in total. The second kappa shape index (κ2) is 8.19. The highest BCUT2D eigenvalue weighted by atomic mass is 32.1. The summed E-state index contributed by atoms with van der Waals surface area (Å²) in [6, 6.07) is 5.34. The third-order valence-electron chi connectivity index (χ3n) is 4.81. The lowest BCUT2D eigenvalue weighted by Gasteiger charge is -2.20. The van der Waals surface area contributed by atoms with Crippen molar-refractivity contribution in [1.82, 2.24) is 9.97 Å². The van der Waals surface area contributed by atoms with Crippen LogP contribution >= 0.6 is 11.3 Å². The molecular weight excluding hydrogens is 438 g/mol. The van der Waals surface area contributed by atoms with Gasteiger partial charge < -0.3 is 21.3 Å². The first-order valence-electron chi connectivity index (χ1n) is 9.69. The number of nitrogens with one attached hydrogen (secondary N) is 1. The van der Waals surface area contributed by atoms with Crippen LogP contribution in [-0.4, -0.2) is 26.1 Å². The van der Waals surface area contributed by atoms with E-state index in [0.29, 0.717) is 17.1 Å². The van der Waals surface area contributed by atoms with E-state index in [1.807, 2.05) is 0 Å². The SMILES string of the molecule is Cc1nc(Nc2sc(-c3c(F)cc(C(C)(C)O)cc3F)nc2C(N)=O)ccc1C(C)(C)O. The molecule has 1 aromatic carbocycles. The number of hydrogen-bond donors (Lipinski definition) is 4. The van der Waals surface area contributed by atoms with E-state index < -0.39 is 34.3 Å². The van der Waals surface area contributed by atoms with Crippen molar-refractivity contribution < 1.29 is 23.8 Å². The summed E-state index contributed by atoms with van der Waals surface area (Å²) in [6.45, 7) is 7.82. The Morgan fingerprint density at radius 3 is 2.12 bits per heavy atom. The van der Waals surface area contributed by atoms with Gasteiger partial charge in [0, 0.05) is 11.3 Å². The maximum Gasteiger partial charge on any atom is 0.270 e. The van der Waals surface area contributed by atoms with Crippen LogP contribution in [0.25, 0.3) is 10.6 Å². The number of carbonyl (C=O) groups excluding carboxylic acids is 1. The van der Waals surface area contributed by atoms with Gasteiger partial charge in [-0.3, -0.25) is 4.79 Å². The molecule has 0 radical (unpaired) electrons. The third kappa shape index (κ3) is 4.77. The first kappa shape index (κ1) is 23.7. The van der Waals surface area contributed by atoms with E-state index in [-0.39, 0.29) is 21.3 Å². The predicted octanol–water partition coefficient (Wildman–Crippen LogP) is 4.09. The van der Waals surface area contributed by atoms with E-state index in [4.69, 9.17) is 5.73 Å². The lowest BCUT2D eigenvalue weighted by atomic mass is 9.96. The molecule has 3 aromatic rings. The molecular formula is C22H24F2N4O3S. The highest BCUT2D eigenvalue weighted by Crippen LogP contribution is 2.38. The summed E-state index contributed by atoms with van der Waals surface area (Å²) in [5.74, 6) is -2.40. The molecule has 0 aliphatic heterocycles. The lowest BCUT2D eigenvalue weighted by molar-refractivity contribution is 0.0771. The summed E-state index contributed by atoms with van der Waals surface area (Å²) >= 11 is 0.838. The molecule has 0 saturated carbocycles. The monoisotopic (exact) mass is 462 g/mol. The second-order valence-electron chi connectivity index (χ2n) is 8.45. The van der Waals surface area contributed by atoms with Gasteiger partial charge in [-0.15, -0.1) is 0 Å². The van der Waals surface area contributed by atoms with Gasteiger partial charge in [0.15, 0.2) is 5.69 Å². The van der Waals surface area contributed by atoms with Crippen molar-refractivity contribution in [3.05, 3.63) is 58.4 Å². The van der Waals surface area contributed by atoms with Crippen LogP contribution in [0, 0.1) is 18.6 Å². The summed E-state index contributed by atoms with van der Waals surface area (Å²) < 4.78 is 29.5. The molecule has 0 aliphatic carbocycles. The molecule has 3 rings (SSSR count). The van der Waals surface area contributed by atoms with Crippen LogP contribution < -0.4 is 11.1 Å². The molecule has 0 saturated heterocycles. The van der Waals surface area contributed by atoms with E-state index in [2.05, 4.69) is 15.3 Å². The molecule has 32 heavy (non-hydrogen) atoms. The molecule has 0 spiro atoms. The minimum Gasteiger partial charge on any atom is -0.386 e. The number of aryl methyl sites for hydroxylation is 1. The Labute approximate surface area is 188 Å². The number of aliphatic hydroxyl groups is 2. The molecule has 2 heterocycles. The number of halogens is 2. The molecule has 0 aliphatic rings. The Balaban J connectivity index is 2.04. The van der Waals surface area contributed by atoms with Crippen LogP contribution in [-0.2, 0) is 11.2 Å². The van der Waals surface area contributed by atoms with Crippen LogP contribution in [0.15, 0.2) is 24.3 Å². The van der Waals surface area contributed by atoms with Crippen molar-refractivity contribution >= 4 is 28.1 Å². The Morgan fingerprint density at radius 2 is 1.66 bits per heavy atom. The minimum atomic E-state index is -1.44. The van der Waals surface area contributed by atoms with Gasteiger partial charge in [-0.25, -0.2) is 18.7 Å². The number of primary amides is 1. The fraction of sp³-hybridized carbons (Fsp3) is 0.318. The smallest absolute Gasteiger partial charge is 0.270 e. The molecule has 0 atom stereocenters. The van der Waals surface area contributed by atoms with Crippen molar-refractivity contribution in [3.8, 4) is 10.6 Å². The third-order valence-corrected chi connectivity index (χ3v) is 5.80. The van der Waals surface area contributed by atoms with Gasteiger partial charge in [0.25, 0.3) is 5.91 Å². The second-order valence-corrected chi connectivity index (χ2v) is 9.45. The van der Waals surface area contributed by atoms with Gasteiger partial charge in [-0.2, -0.15) is 0 Å². The first-order valence-corrected chi connectivity index (χ1v) is 10.5. The number of rotatable bonds is 6. The van der Waals surface area contributed by atoms with Crippen molar-refractivity contribution in [2.75, 3.05) is 5.32 Å². The summed E-state index contributed by atoms with van der Waals surface area (Å²) in [7, 11) is 0. The molecule has 10 heteroatoms. The zero-order chi connectivity index (χ0) is 24.0. The lowest BCUT2D eigenvalue weighted by Crippen LogP contribution is -2.18. The number of anilines is 2. The van der Waals surface area contributed by atoms with E-state index in [0.717, 1.165) is 23.5 Å². The molecule has 170 valence electrons. The topological polar surface area (TPSA) is 121 Å². The molecule has 0 unspecified atom stereocenters. The average molecular weight is 463 g/mol. The molecule has 0 bridgehead atoms. The predicted molar refractivity (Wildman–Crippen MR) is 119 cm³/mol. The van der Waals surface area contributed by atoms with Crippen molar-refractivity contribution in [3.63, 3.8) is 0 Å². The van der Waals surface area contributed by atoms with Gasteiger partial charge in [0.05, 0.1) is 16.8 Å². The van der Waals surface area contributed by atoms with Crippen LogP contribution in [0.3, 0.4) is 0 Å². The van der Waals surface area contributed by atoms with Crippen LogP contribution in [0.2, 0.25) is 0 Å². The van der Waals surface area contributed by atoms with Gasteiger partial charge in [-0.1, -0.05) is 17.4 Å². The zero-order valence-electron chi connectivity index (χ0n) is 18.2. The summed E-state index contributed by atoms with van der Waals surface area (Å²) in [4.78, 5) is 20.3. The minimum absolute atomic E-state index is 0.0628. The van der Waals surface area contributed by atoms with Crippen molar-refractivity contribution in [2.24, 2.45) is 5.73 Å². The van der Waals surface area contributed by atoms with Crippen LogP contribution in [0.5, 0.6) is 0 Å². The van der Waals surface area contributed by atoms with E-state index in [1.54, 1.807) is 32.9 Å². The van der Waals surface area contributed by atoms with Gasteiger partial charge in [0.2, 0.25) is 0 Å². The zero-order valence-corrected chi connectivity index (χ0v) is 19.1. The summed E-state index contributed by atoms with van der Waals surface area (Å²) in [5, 5.41) is 23.2. The number of hydrogen-bond acceptors (Lipinski definition) is 7. The molecule has 2 aromatic heterocycles. The number of benzene rings is 1. The fourth-order valence-corrected chi connectivity index (χ4v) is 4.23. The van der Waals surface area contributed by atoms with Crippen molar-refractivity contribution in [2.45, 2.75) is 45.8 Å². The Hall–Kier alpha value is -2.95. The van der Waals surface area contributed by atoms with Crippen LogP contribution in [0.4, 0.5) is 19.6 Å². The number of nitrogens with two attached hydrogens (primary N) is 1. The van der Waals surface area contributed by atoms with Gasteiger partial charge in [-0.05, 0) is 58.4 Å². The van der Waals surface area contributed by atoms with Crippen molar-refractivity contribution in [1.29, 1.82) is 0 Å². The van der Waals surface area contributed by atoms with E-state index >= 15 is 0 Å². The Bertz CT molecular complexity index is 1170. The van der Waals surface area contributed by atoms with Crippen LogP contribution in [0.1, 0.15) is 55.0 Å². The maximum absolute atomic E-state index is 14.7.